The lowest BCUT2D eigenvalue weighted by atomic mass is 9.62. The first kappa shape index (κ1) is 30.8. The zero-order valence-electron chi connectivity index (χ0n) is 25.2. The Balaban J connectivity index is 1.82. The molecule has 3 heterocycles. The maximum Gasteiger partial charge on any atom is 0.248 e. The lowest BCUT2D eigenvalue weighted by Gasteiger charge is -2.40. The Morgan fingerprint density at radius 1 is 1.17 bits per heavy atom. The molecule has 41 heavy (non-hydrogen) atoms. The molecule has 3 unspecified atom stereocenters. The van der Waals surface area contributed by atoms with Crippen LogP contribution in [0.15, 0.2) is 49.6 Å². The second-order valence-corrected chi connectivity index (χ2v) is 12.0. The van der Waals surface area contributed by atoms with Crippen LogP contribution in [0, 0.1) is 17.8 Å². The van der Waals surface area contributed by atoms with Gasteiger partial charge in [-0.05, 0) is 71.2 Å². The number of likely N-dealkylation sites (tertiary alicyclic amines) is 1. The Labute approximate surface area is 243 Å². The molecule has 9 heteroatoms. The van der Waals surface area contributed by atoms with Crippen LogP contribution in [0.5, 0.6) is 5.75 Å². The third kappa shape index (κ3) is 4.77. The molecule has 0 saturated carbocycles. The first-order chi connectivity index (χ1) is 19.4. The molecule has 3 aliphatic heterocycles. The average Bonchev–Trinajstić information content (AvgIpc) is 3.46. The first-order valence-corrected chi connectivity index (χ1v) is 14.6. The Hall–Kier alpha value is -3.17. The van der Waals surface area contributed by atoms with E-state index in [9.17, 15) is 19.5 Å². The predicted octanol–water partition coefficient (Wildman–Crippen LogP) is 3.42. The Morgan fingerprint density at radius 3 is 2.34 bits per heavy atom. The molecule has 1 aromatic rings. The van der Waals surface area contributed by atoms with E-state index in [1.54, 1.807) is 28.9 Å². The second-order valence-electron chi connectivity index (χ2n) is 12.0. The number of carbonyl (C=O) groups is 3. The maximum absolute atomic E-state index is 14.6. The van der Waals surface area contributed by atoms with Crippen LogP contribution in [0.2, 0.25) is 0 Å². The standard InChI is InChI=1S/C32H45N3O6/c1-9-16-33(20(4)5)30(39)27-32-18-21(6)31(8,41-32)25(26(32)29(38)35(27)22(7)19-36)28(37)34(17-10-2)23-12-14-24(15-13-23)40-11-3/h9-10,12-15,20-22,25-27,36H,1-2,11,16-19H2,3-8H3/t21?,22-,25+,26+,27?,31-,32?/m1/s1. The van der Waals surface area contributed by atoms with Crippen molar-refractivity contribution in [2.75, 3.05) is 31.2 Å². The maximum atomic E-state index is 14.6. The normalized spacial score (nSPS) is 30.7. The molecule has 3 aliphatic rings. The molecule has 9 nitrogen and oxygen atoms in total. The van der Waals surface area contributed by atoms with Crippen molar-refractivity contribution in [3.05, 3.63) is 49.6 Å². The van der Waals surface area contributed by atoms with Crippen LogP contribution >= 0.6 is 0 Å². The molecule has 0 aromatic heterocycles. The van der Waals surface area contributed by atoms with Gasteiger partial charge in [-0.3, -0.25) is 14.4 Å². The Kier molecular flexibility index (Phi) is 8.71. The van der Waals surface area contributed by atoms with Crippen LogP contribution < -0.4 is 9.64 Å². The fourth-order valence-corrected chi connectivity index (χ4v) is 7.25. The summed E-state index contributed by atoms with van der Waals surface area (Å²) in [4.78, 5) is 48.1. The van der Waals surface area contributed by atoms with Crippen molar-refractivity contribution in [2.45, 2.75) is 77.3 Å². The highest BCUT2D eigenvalue weighted by molar-refractivity contribution is 6.03. The van der Waals surface area contributed by atoms with Crippen LogP contribution in [0.25, 0.3) is 0 Å². The number of aliphatic hydroxyl groups is 1. The molecule has 3 saturated heterocycles. The molecule has 0 aliphatic carbocycles. The monoisotopic (exact) mass is 567 g/mol. The van der Waals surface area contributed by atoms with E-state index in [2.05, 4.69) is 13.2 Å². The number of anilines is 1. The summed E-state index contributed by atoms with van der Waals surface area (Å²) in [6.07, 6.45) is 3.78. The number of aliphatic hydroxyl groups excluding tert-OH is 1. The van der Waals surface area contributed by atoms with Gasteiger partial charge in [0, 0.05) is 24.8 Å². The van der Waals surface area contributed by atoms with Crippen LogP contribution in [0.4, 0.5) is 5.69 Å². The van der Waals surface area contributed by atoms with Crippen molar-refractivity contribution < 1.29 is 29.0 Å². The highest BCUT2D eigenvalue weighted by Gasteiger charge is 2.80. The lowest BCUT2D eigenvalue weighted by molar-refractivity contribution is -0.156. The van der Waals surface area contributed by atoms with Crippen LogP contribution in [-0.2, 0) is 19.1 Å². The average molecular weight is 568 g/mol. The summed E-state index contributed by atoms with van der Waals surface area (Å²) in [5.74, 6) is -1.94. The van der Waals surface area contributed by atoms with Gasteiger partial charge in [0.25, 0.3) is 0 Å². The minimum absolute atomic E-state index is 0.0991. The zero-order valence-corrected chi connectivity index (χ0v) is 25.2. The lowest BCUT2D eigenvalue weighted by Crippen LogP contribution is -2.59. The minimum atomic E-state index is -1.20. The van der Waals surface area contributed by atoms with Gasteiger partial charge < -0.3 is 29.3 Å². The summed E-state index contributed by atoms with van der Waals surface area (Å²) in [6.45, 7) is 19.8. The van der Waals surface area contributed by atoms with Crippen molar-refractivity contribution in [2.24, 2.45) is 17.8 Å². The van der Waals surface area contributed by atoms with Gasteiger partial charge in [0.05, 0.1) is 36.7 Å². The fraction of sp³-hybridized carbons (Fsp3) is 0.594. The van der Waals surface area contributed by atoms with Crippen molar-refractivity contribution in [3.8, 4) is 5.75 Å². The third-order valence-electron chi connectivity index (χ3n) is 9.26. The summed E-state index contributed by atoms with van der Waals surface area (Å²) >= 11 is 0. The highest BCUT2D eigenvalue weighted by atomic mass is 16.5. The molecular formula is C32H45N3O6. The molecule has 7 atom stereocenters. The molecule has 4 rings (SSSR count). The summed E-state index contributed by atoms with van der Waals surface area (Å²) in [5, 5.41) is 10.2. The summed E-state index contributed by atoms with van der Waals surface area (Å²) < 4.78 is 12.4. The van der Waals surface area contributed by atoms with Gasteiger partial charge in [0.1, 0.15) is 17.4 Å². The van der Waals surface area contributed by atoms with Crippen LogP contribution in [0.1, 0.15) is 48.0 Å². The van der Waals surface area contributed by atoms with E-state index in [0.29, 0.717) is 31.0 Å². The van der Waals surface area contributed by atoms with Crippen LogP contribution in [0.3, 0.4) is 0 Å². The van der Waals surface area contributed by atoms with E-state index < -0.39 is 35.1 Å². The van der Waals surface area contributed by atoms with Gasteiger partial charge >= 0.3 is 0 Å². The summed E-state index contributed by atoms with van der Waals surface area (Å²) in [5.41, 5.74) is -1.50. The van der Waals surface area contributed by atoms with Gasteiger partial charge in [-0.15, -0.1) is 13.2 Å². The van der Waals surface area contributed by atoms with Gasteiger partial charge in [-0.1, -0.05) is 19.1 Å². The number of benzene rings is 1. The largest absolute Gasteiger partial charge is 0.494 e. The SMILES string of the molecule is C=CCN(C(=O)[C@@H]1[C@H]2C(=O)N([C@H](C)CO)C(C(=O)N(CC=C)C(C)C)C23CC(C)[C@@]1(C)O3)c1ccc(OCC)cc1. The Morgan fingerprint density at radius 2 is 1.80 bits per heavy atom. The molecule has 3 amide bonds. The van der Waals surface area contributed by atoms with Crippen molar-refractivity contribution >= 4 is 23.4 Å². The molecule has 2 bridgehead atoms. The first-order valence-electron chi connectivity index (χ1n) is 14.6. The molecule has 1 spiro atoms. The smallest absolute Gasteiger partial charge is 0.248 e. The molecule has 224 valence electrons. The van der Waals surface area contributed by atoms with Crippen molar-refractivity contribution in [1.82, 2.24) is 9.80 Å². The second kappa shape index (κ2) is 11.6. The highest BCUT2D eigenvalue weighted by Crippen LogP contribution is 2.66. The number of rotatable bonds is 12. The van der Waals surface area contributed by atoms with Crippen LogP contribution in [-0.4, -0.2) is 88.3 Å². The molecule has 1 aromatic carbocycles. The molecular weight excluding hydrogens is 522 g/mol. The quantitative estimate of drug-likeness (QED) is 0.389. The predicted molar refractivity (Wildman–Crippen MR) is 157 cm³/mol. The number of carbonyl (C=O) groups excluding carboxylic acids is 3. The van der Waals surface area contributed by atoms with E-state index in [0.717, 1.165) is 0 Å². The zero-order chi connectivity index (χ0) is 30.3. The Bertz CT molecular complexity index is 1180. The third-order valence-corrected chi connectivity index (χ3v) is 9.26. The van der Waals surface area contributed by atoms with Crippen molar-refractivity contribution in [3.63, 3.8) is 0 Å². The van der Waals surface area contributed by atoms with Gasteiger partial charge in [0.15, 0.2) is 0 Å². The van der Waals surface area contributed by atoms with Gasteiger partial charge in [0.2, 0.25) is 17.7 Å². The number of amides is 3. The van der Waals surface area contributed by atoms with Gasteiger partial charge in [-0.25, -0.2) is 0 Å². The van der Waals surface area contributed by atoms with E-state index in [1.807, 2.05) is 58.9 Å². The number of fused-ring (bicyclic) bond motifs is 1. The summed E-state index contributed by atoms with van der Waals surface area (Å²) in [7, 11) is 0. The number of ether oxygens (including phenoxy) is 2. The molecule has 3 fully saturated rings. The van der Waals surface area contributed by atoms with E-state index >= 15 is 0 Å². The molecule has 1 N–H and O–H groups in total. The van der Waals surface area contributed by atoms with E-state index in [4.69, 9.17) is 9.47 Å². The number of hydrogen-bond acceptors (Lipinski definition) is 6. The fourth-order valence-electron chi connectivity index (χ4n) is 7.25. The van der Waals surface area contributed by atoms with Crippen molar-refractivity contribution in [1.29, 1.82) is 0 Å². The summed E-state index contributed by atoms with van der Waals surface area (Å²) in [6, 6.07) is 5.51. The van der Waals surface area contributed by atoms with E-state index in [1.165, 1.54) is 4.90 Å². The minimum Gasteiger partial charge on any atom is -0.494 e. The number of nitrogens with zero attached hydrogens (tertiary/aromatic N) is 3. The number of hydrogen-bond donors (Lipinski definition) is 1. The van der Waals surface area contributed by atoms with Gasteiger partial charge in [-0.2, -0.15) is 0 Å². The molecule has 0 radical (unpaired) electrons. The van der Waals surface area contributed by atoms with E-state index in [-0.39, 0.29) is 42.8 Å². The topological polar surface area (TPSA) is 99.6 Å².